The highest BCUT2D eigenvalue weighted by Gasteiger charge is 2.26. The van der Waals surface area contributed by atoms with Crippen LogP contribution in [0.3, 0.4) is 0 Å². The zero-order valence-corrected chi connectivity index (χ0v) is 10.9. The van der Waals surface area contributed by atoms with Crippen molar-refractivity contribution in [3.05, 3.63) is 23.8 Å². The van der Waals surface area contributed by atoms with E-state index in [1.54, 1.807) is 32.0 Å². The predicted molar refractivity (Wildman–Crippen MR) is 67.1 cm³/mol. The molecule has 5 nitrogen and oxygen atoms in total. The van der Waals surface area contributed by atoms with Gasteiger partial charge in [-0.25, -0.2) is 8.42 Å². The molecule has 0 spiro atoms. The highest BCUT2D eigenvalue weighted by molar-refractivity contribution is 7.89. The van der Waals surface area contributed by atoms with Crippen molar-refractivity contribution in [2.45, 2.75) is 18.7 Å². The normalized spacial score (nSPS) is 12.0. The number of anilines is 1. The molecule has 0 aliphatic carbocycles. The highest BCUT2D eigenvalue weighted by Crippen LogP contribution is 2.25. The van der Waals surface area contributed by atoms with Crippen molar-refractivity contribution in [1.82, 2.24) is 4.31 Å². The number of nitrogens with two attached hydrogens (primary N) is 1. The summed E-state index contributed by atoms with van der Waals surface area (Å²) in [5, 5.41) is 8.88. The van der Waals surface area contributed by atoms with Crippen molar-refractivity contribution >= 4 is 15.7 Å². The molecule has 0 saturated heterocycles. The van der Waals surface area contributed by atoms with Gasteiger partial charge in [0.05, 0.1) is 12.3 Å². The van der Waals surface area contributed by atoms with E-state index < -0.39 is 10.0 Å². The lowest BCUT2D eigenvalue weighted by Gasteiger charge is -2.21. The average molecular weight is 258 g/mol. The Bertz CT molecular complexity index is 465. The number of hydrogen-bond acceptors (Lipinski definition) is 4. The maximum absolute atomic E-state index is 12.3. The van der Waals surface area contributed by atoms with E-state index in [9.17, 15) is 8.42 Å². The van der Waals surface area contributed by atoms with E-state index in [2.05, 4.69) is 0 Å². The fourth-order valence-electron chi connectivity index (χ4n) is 1.72. The number of benzene rings is 1. The Morgan fingerprint density at radius 1 is 1.41 bits per heavy atom. The van der Waals surface area contributed by atoms with Crippen molar-refractivity contribution in [1.29, 1.82) is 0 Å². The van der Waals surface area contributed by atoms with Crippen LogP contribution in [-0.4, -0.2) is 37.5 Å². The molecular weight excluding hydrogens is 240 g/mol. The Kier molecular flexibility index (Phi) is 4.50. The molecule has 0 fully saturated rings. The molecular formula is C11H18N2O3S. The Balaban J connectivity index is 3.30. The SMILES string of the molecule is CCN(CCO)S(=O)(=O)c1c(C)cccc1N. The summed E-state index contributed by atoms with van der Waals surface area (Å²) < 4.78 is 25.9. The molecule has 0 aliphatic heterocycles. The largest absolute Gasteiger partial charge is 0.398 e. The molecule has 0 atom stereocenters. The smallest absolute Gasteiger partial charge is 0.245 e. The summed E-state index contributed by atoms with van der Waals surface area (Å²) in [6.45, 7) is 3.60. The quantitative estimate of drug-likeness (QED) is 0.757. The van der Waals surface area contributed by atoms with Crippen LogP contribution in [0.1, 0.15) is 12.5 Å². The van der Waals surface area contributed by atoms with Gasteiger partial charge in [-0.3, -0.25) is 0 Å². The van der Waals surface area contributed by atoms with Gasteiger partial charge in [0.15, 0.2) is 0 Å². The Morgan fingerprint density at radius 3 is 2.53 bits per heavy atom. The molecule has 3 N–H and O–H groups in total. The minimum Gasteiger partial charge on any atom is -0.398 e. The van der Waals surface area contributed by atoms with Crippen molar-refractivity contribution in [3.63, 3.8) is 0 Å². The third-order valence-electron chi connectivity index (χ3n) is 2.54. The van der Waals surface area contributed by atoms with Gasteiger partial charge in [-0.05, 0) is 18.6 Å². The molecule has 1 aromatic carbocycles. The van der Waals surface area contributed by atoms with E-state index in [-0.39, 0.29) is 23.7 Å². The van der Waals surface area contributed by atoms with Crippen molar-refractivity contribution < 1.29 is 13.5 Å². The van der Waals surface area contributed by atoms with Gasteiger partial charge in [0.25, 0.3) is 0 Å². The van der Waals surface area contributed by atoms with E-state index in [4.69, 9.17) is 10.8 Å². The first-order chi connectivity index (χ1) is 7.95. The van der Waals surface area contributed by atoms with Gasteiger partial charge in [-0.2, -0.15) is 4.31 Å². The number of hydrogen-bond donors (Lipinski definition) is 2. The van der Waals surface area contributed by atoms with E-state index in [0.29, 0.717) is 12.1 Å². The monoisotopic (exact) mass is 258 g/mol. The lowest BCUT2D eigenvalue weighted by atomic mass is 10.2. The number of likely N-dealkylation sites (N-methyl/N-ethyl adjacent to an activating group) is 1. The highest BCUT2D eigenvalue weighted by atomic mass is 32.2. The zero-order chi connectivity index (χ0) is 13.1. The van der Waals surface area contributed by atoms with Gasteiger partial charge in [0.1, 0.15) is 4.90 Å². The fourth-order valence-corrected chi connectivity index (χ4v) is 3.48. The fraction of sp³-hybridized carbons (Fsp3) is 0.455. The third kappa shape index (κ3) is 2.77. The lowest BCUT2D eigenvalue weighted by molar-refractivity contribution is 0.257. The summed E-state index contributed by atoms with van der Waals surface area (Å²) in [6.07, 6.45) is 0. The molecule has 1 rings (SSSR count). The molecule has 0 saturated carbocycles. The Labute approximate surface area is 102 Å². The maximum atomic E-state index is 12.3. The number of aryl methyl sites for hydroxylation is 1. The first-order valence-corrected chi connectivity index (χ1v) is 6.85. The first-order valence-electron chi connectivity index (χ1n) is 5.41. The minimum absolute atomic E-state index is 0.0760. The Morgan fingerprint density at radius 2 is 2.06 bits per heavy atom. The summed E-state index contributed by atoms with van der Waals surface area (Å²) in [5.74, 6) is 0. The van der Waals surface area contributed by atoms with Crippen LogP contribution in [0.25, 0.3) is 0 Å². The molecule has 17 heavy (non-hydrogen) atoms. The summed E-state index contributed by atoms with van der Waals surface area (Å²) >= 11 is 0. The van der Waals surface area contributed by atoms with Gasteiger partial charge < -0.3 is 10.8 Å². The molecule has 0 heterocycles. The van der Waals surface area contributed by atoms with Gasteiger partial charge in [0, 0.05) is 13.1 Å². The van der Waals surface area contributed by atoms with Crippen LogP contribution in [0.15, 0.2) is 23.1 Å². The van der Waals surface area contributed by atoms with Crippen molar-refractivity contribution in [2.75, 3.05) is 25.4 Å². The summed E-state index contributed by atoms with van der Waals surface area (Å²) in [7, 11) is -3.63. The van der Waals surface area contributed by atoms with Crippen LogP contribution in [-0.2, 0) is 10.0 Å². The molecule has 0 aromatic heterocycles. The molecule has 0 bridgehead atoms. The minimum atomic E-state index is -3.63. The van der Waals surface area contributed by atoms with Crippen LogP contribution < -0.4 is 5.73 Å². The lowest BCUT2D eigenvalue weighted by Crippen LogP contribution is -2.34. The van der Waals surface area contributed by atoms with Crippen LogP contribution in [0, 0.1) is 6.92 Å². The van der Waals surface area contributed by atoms with E-state index in [0.717, 1.165) is 0 Å². The standard InChI is InChI=1S/C11H18N2O3S/c1-3-13(7-8-14)17(15,16)11-9(2)5-4-6-10(11)12/h4-6,14H,3,7-8,12H2,1-2H3. The second-order valence-corrected chi connectivity index (χ2v) is 5.59. The molecule has 0 radical (unpaired) electrons. The van der Waals surface area contributed by atoms with Crippen LogP contribution in [0.4, 0.5) is 5.69 Å². The molecule has 6 heteroatoms. The number of aliphatic hydroxyl groups is 1. The van der Waals surface area contributed by atoms with Crippen LogP contribution in [0.2, 0.25) is 0 Å². The third-order valence-corrected chi connectivity index (χ3v) is 4.74. The summed E-state index contributed by atoms with van der Waals surface area (Å²) in [5.41, 5.74) is 6.58. The molecule has 0 aliphatic rings. The molecule has 0 unspecified atom stereocenters. The number of aliphatic hydroxyl groups excluding tert-OH is 1. The molecule has 0 amide bonds. The van der Waals surface area contributed by atoms with Gasteiger partial charge in [-0.1, -0.05) is 19.1 Å². The van der Waals surface area contributed by atoms with Crippen LogP contribution >= 0.6 is 0 Å². The van der Waals surface area contributed by atoms with Crippen molar-refractivity contribution in [3.8, 4) is 0 Å². The van der Waals surface area contributed by atoms with E-state index >= 15 is 0 Å². The number of rotatable bonds is 5. The van der Waals surface area contributed by atoms with Crippen LogP contribution in [0.5, 0.6) is 0 Å². The topological polar surface area (TPSA) is 83.6 Å². The second kappa shape index (κ2) is 5.48. The predicted octanol–water partition coefficient (Wildman–Crippen LogP) is 0.580. The number of nitrogens with zero attached hydrogens (tertiary/aromatic N) is 1. The summed E-state index contributed by atoms with van der Waals surface area (Å²) in [6, 6.07) is 4.98. The van der Waals surface area contributed by atoms with E-state index in [1.807, 2.05) is 0 Å². The number of sulfonamides is 1. The van der Waals surface area contributed by atoms with Gasteiger partial charge in [0.2, 0.25) is 10.0 Å². The first kappa shape index (κ1) is 14.0. The number of nitrogen functional groups attached to an aromatic ring is 1. The van der Waals surface area contributed by atoms with Gasteiger partial charge >= 0.3 is 0 Å². The molecule has 1 aromatic rings. The van der Waals surface area contributed by atoms with Gasteiger partial charge in [-0.15, -0.1) is 0 Å². The van der Waals surface area contributed by atoms with Crippen molar-refractivity contribution in [2.24, 2.45) is 0 Å². The maximum Gasteiger partial charge on any atom is 0.245 e. The zero-order valence-electron chi connectivity index (χ0n) is 10.0. The molecule has 96 valence electrons. The average Bonchev–Trinajstić information content (AvgIpc) is 2.24. The van der Waals surface area contributed by atoms with E-state index in [1.165, 1.54) is 4.31 Å². The summed E-state index contributed by atoms with van der Waals surface area (Å²) in [4.78, 5) is 0.135. The second-order valence-electron chi connectivity index (χ2n) is 3.71. The Hall–Kier alpha value is -1.11.